The van der Waals surface area contributed by atoms with E-state index in [1.807, 2.05) is 62.4 Å². The van der Waals surface area contributed by atoms with Crippen LogP contribution in [0.15, 0.2) is 48.5 Å². The van der Waals surface area contributed by atoms with Gasteiger partial charge in [0.1, 0.15) is 11.5 Å². The van der Waals surface area contributed by atoms with E-state index >= 15 is 0 Å². The lowest BCUT2D eigenvalue weighted by Gasteiger charge is -2.27. The van der Waals surface area contributed by atoms with Gasteiger partial charge in [0.05, 0.1) is 25.4 Å². The van der Waals surface area contributed by atoms with Crippen molar-refractivity contribution in [3.63, 3.8) is 0 Å². The highest BCUT2D eigenvalue weighted by Crippen LogP contribution is 2.29. The van der Waals surface area contributed by atoms with Gasteiger partial charge < -0.3 is 19.7 Å². The van der Waals surface area contributed by atoms with Crippen molar-refractivity contribution in [2.75, 3.05) is 26.1 Å². The van der Waals surface area contributed by atoms with Crippen molar-refractivity contribution in [2.45, 2.75) is 26.3 Å². The smallest absolute Gasteiger partial charge is 0.322 e. The van der Waals surface area contributed by atoms with E-state index in [1.54, 1.807) is 19.1 Å². The summed E-state index contributed by atoms with van der Waals surface area (Å²) in [4.78, 5) is 14.3. The first-order chi connectivity index (χ1) is 12.1. The van der Waals surface area contributed by atoms with Crippen LogP contribution in [0, 0.1) is 0 Å². The second-order valence-electron chi connectivity index (χ2n) is 5.80. The van der Waals surface area contributed by atoms with Crippen LogP contribution in [-0.2, 0) is 0 Å². The van der Waals surface area contributed by atoms with Crippen molar-refractivity contribution in [1.29, 1.82) is 0 Å². The Morgan fingerprint density at radius 2 is 1.76 bits per heavy atom. The lowest BCUT2D eigenvalue weighted by Crippen LogP contribution is -2.33. The number of nitrogens with one attached hydrogen (secondary N) is 1. The number of benzene rings is 2. The molecule has 2 aromatic carbocycles. The maximum atomic E-state index is 12.7. The summed E-state index contributed by atoms with van der Waals surface area (Å²) < 4.78 is 11.1. The molecule has 2 aromatic rings. The van der Waals surface area contributed by atoms with E-state index in [9.17, 15) is 4.79 Å². The fourth-order valence-electron chi connectivity index (χ4n) is 2.51. The lowest BCUT2D eigenvalue weighted by molar-refractivity contribution is 0.207. The monoisotopic (exact) mass is 342 g/mol. The Kier molecular flexibility index (Phi) is 6.69. The minimum absolute atomic E-state index is 0.139. The maximum Gasteiger partial charge on any atom is 0.322 e. The predicted molar refractivity (Wildman–Crippen MR) is 100 cm³/mol. The Labute approximate surface area is 149 Å². The Morgan fingerprint density at radius 1 is 1.12 bits per heavy atom. The molecule has 0 aromatic heterocycles. The van der Waals surface area contributed by atoms with Crippen LogP contribution >= 0.6 is 0 Å². The molecule has 0 fully saturated rings. The van der Waals surface area contributed by atoms with Gasteiger partial charge in [-0.3, -0.25) is 0 Å². The normalized spacial score (nSPS) is 11.5. The molecule has 0 spiro atoms. The Morgan fingerprint density at radius 3 is 2.44 bits per heavy atom. The summed E-state index contributed by atoms with van der Waals surface area (Å²) >= 11 is 0. The molecule has 2 rings (SSSR count). The number of amides is 2. The fraction of sp³-hybridized carbons (Fsp3) is 0.350. The number of methoxy groups -OCH3 is 1. The summed E-state index contributed by atoms with van der Waals surface area (Å²) in [7, 11) is 3.40. The minimum Gasteiger partial charge on any atom is -0.496 e. The number of urea groups is 1. The van der Waals surface area contributed by atoms with E-state index in [2.05, 4.69) is 5.32 Å². The molecule has 0 radical (unpaired) electrons. The molecule has 2 amide bonds. The van der Waals surface area contributed by atoms with Crippen molar-refractivity contribution in [2.24, 2.45) is 0 Å². The number of para-hydroxylation sites is 3. The van der Waals surface area contributed by atoms with Gasteiger partial charge >= 0.3 is 6.03 Å². The fourth-order valence-corrected chi connectivity index (χ4v) is 2.51. The number of hydrogen-bond donors (Lipinski definition) is 1. The summed E-state index contributed by atoms with van der Waals surface area (Å²) in [5, 5.41) is 2.93. The van der Waals surface area contributed by atoms with Gasteiger partial charge in [0, 0.05) is 12.6 Å². The van der Waals surface area contributed by atoms with E-state index in [4.69, 9.17) is 9.47 Å². The second-order valence-corrected chi connectivity index (χ2v) is 5.80. The van der Waals surface area contributed by atoms with Crippen LogP contribution in [0.4, 0.5) is 10.5 Å². The van der Waals surface area contributed by atoms with Crippen LogP contribution in [0.2, 0.25) is 0 Å². The van der Waals surface area contributed by atoms with E-state index in [0.717, 1.165) is 17.7 Å². The van der Waals surface area contributed by atoms with Crippen LogP contribution in [0.5, 0.6) is 11.5 Å². The number of carbonyl (C=O) groups is 1. The zero-order valence-electron chi connectivity index (χ0n) is 15.3. The van der Waals surface area contributed by atoms with E-state index < -0.39 is 0 Å². The van der Waals surface area contributed by atoms with Gasteiger partial charge in [-0.25, -0.2) is 4.79 Å². The van der Waals surface area contributed by atoms with Crippen molar-refractivity contribution in [1.82, 2.24) is 4.90 Å². The third kappa shape index (κ3) is 4.66. The van der Waals surface area contributed by atoms with Gasteiger partial charge in [-0.1, -0.05) is 37.3 Å². The molecule has 1 N–H and O–H groups in total. The molecule has 134 valence electrons. The topological polar surface area (TPSA) is 50.8 Å². The Balaban J connectivity index is 2.12. The van der Waals surface area contributed by atoms with Crippen LogP contribution < -0.4 is 14.8 Å². The number of hydrogen-bond acceptors (Lipinski definition) is 3. The molecule has 0 aliphatic rings. The van der Waals surface area contributed by atoms with Gasteiger partial charge in [-0.15, -0.1) is 0 Å². The molecular weight excluding hydrogens is 316 g/mol. The zero-order valence-corrected chi connectivity index (χ0v) is 15.3. The average Bonchev–Trinajstić information content (AvgIpc) is 2.66. The molecule has 0 heterocycles. The predicted octanol–water partition coefficient (Wildman–Crippen LogP) is 4.71. The number of nitrogens with zero attached hydrogens (tertiary/aromatic N) is 1. The minimum atomic E-state index is -0.203. The van der Waals surface area contributed by atoms with Crippen molar-refractivity contribution >= 4 is 11.7 Å². The summed E-state index contributed by atoms with van der Waals surface area (Å²) in [6.07, 6.45) is 0.910. The highest BCUT2D eigenvalue weighted by Gasteiger charge is 2.21. The molecule has 0 aliphatic carbocycles. The summed E-state index contributed by atoms with van der Waals surface area (Å²) in [5.41, 5.74) is 1.62. The largest absolute Gasteiger partial charge is 0.496 e. The number of rotatable bonds is 7. The second kappa shape index (κ2) is 8.97. The van der Waals surface area contributed by atoms with Crippen molar-refractivity contribution in [3.05, 3.63) is 54.1 Å². The molecule has 0 unspecified atom stereocenters. The quantitative estimate of drug-likeness (QED) is 0.793. The molecular formula is C20H26N2O3. The standard InChI is InChI=1S/C20H26N2O3/c1-5-14-25-19-13-9-7-11-17(19)21-20(23)22(3)15(2)16-10-6-8-12-18(16)24-4/h6-13,15H,5,14H2,1-4H3,(H,21,23)/t15-/m1/s1. The molecule has 0 saturated heterocycles. The molecule has 5 nitrogen and oxygen atoms in total. The van der Waals surface area contributed by atoms with E-state index in [-0.39, 0.29) is 12.1 Å². The Hall–Kier alpha value is -2.69. The molecule has 1 atom stereocenters. The third-order valence-corrected chi connectivity index (χ3v) is 4.08. The first-order valence-electron chi connectivity index (χ1n) is 8.47. The number of ether oxygens (including phenoxy) is 2. The highest BCUT2D eigenvalue weighted by molar-refractivity contribution is 5.91. The van der Waals surface area contributed by atoms with Crippen molar-refractivity contribution in [3.8, 4) is 11.5 Å². The maximum absolute atomic E-state index is 12.7. The first-order valence-corrected chi connectivity index (χ1v) is 8.47. The van der Waals surface area contributed by atoms with Gasteiger partial charge in [0.25, 0.3) is 0 Å². The molecule has 0 bridgehead atoms. The zero-order chi connectivity index (χ0) is 18.2. The summed E-state index contributed by atoms with van der Waals surface area (Å²) in [5.74, 6) is 1.44. The van der Waals surface area contributed by atoms with Crippen LogP contribution in [-0.4, -0.2) is 31.7 Å². The summed E-state index contributed by atoms with van der Waals surface area (Å²) in [6, 6.07) is 14.8. The molecule has 0 saturated carbocycles. The highest BCUT2D eigenvalue weighted by atomic mass is 16.5. The molecule has 5 heteroatoms. The lowest BCUT2D eigenvalue weighted by atomic mass is 10.1. The van der Waals surface area contributed by atoms with E-state index in [1.165, 1.54) is 0 Å². The van der Waals surface area contributed by atoms with E-state index in [0.29, 0.717) is 18.0 Å². The van der Waals surface area contributed by atoms with Gasteiger partial charge in [-0.05, 0) is 31.5 Å². The first kappa shape index (κ1) is 18.6. The third-order valence-electron chi connectivity index (χ3n) is 4.08. The molecule has 0 aliphatic heterocycles. The summed E-state index contributed by atoms with van der Waals surface area (Å²) in [6.45, 7) is 4.63. The van der Waals surface area contributed by atoms with Crippen LogP contribution in [0.3, 0.4) is 0 Å². The van der Waals surface area contributed by atoms with Crippen LogP contribution in [0.25, 0.3) is 0 Å². The van der Waals surface area contributed by atoms with Gasteiger partial charge in [0.15, 0.2) is 0 Å². The number of anilines is 1. The SMILES string of the molecule is CCCOc1ccccc1NC(=O)N(C)[C@H](C)c1ccccc1OC. The average molecular weight is 342 g/mol. The molecule has 25 heavy (non-hydrogen) atoms. The van der Waals surface area contributed by atoms with Crippen LogP contribution in [0.1, 0.15) is 31.9 Å². The van der Waals surface area contributed by atoms with Gasteiger partial charge in [-0.2, -0.15) is 0 Å². The van der Waals surface area contributed by atoms with Crippen molar-refractivity contribution < 1.29 is 14.3 Å². The van der Waals surface area contributed by atoms with Gasteiger partial charge in [0.2, 0.25) is 0 Å². The number of carbonyl (C=O) groups excluding carboxylic acids is 1. The Bertz CT molecular complexity index is 703.